The Morgan fingerprint density at radius 3 is 2.63 bits per heavy atom. The number of hydrogen-bond donors (Lipinski definition) is 1. The smallest absolute Gasteiger partial charge is 0.141 e. The third kappa shape index (κ3) is 6.06. The maximum atomic E-state index is 5.97. The monoisotopic (exact) mass is 264 g/mol. The predicted molar refractivity (Wildman–Crippen MR) is 80.8 cm³/mol. The van der Waals surface area contributed by atoms with Crippen LogP contribution in [0.25, 0.3) is 0 Å². The first-order chi connectivity index (χ1) is 9.02. The molecule has 0 bridgehead atoms. The third-order valence-electron chi connectivity index (χ3n) is 3.06. The topological polar surface area (TPSA) is 34.1 Å². The fraction of sp³-hybridized carbons (Fsp3) is 0.688. The van der Waals surface area contributed by atoms with Gasteiger partial charge in [0.25, 0.3) is 0 Å². The van der Waals surface area contributed by atoms with Gasteiger partial charge in [-0.3, -0.25) is 4.98 Å². The van der Waals surface area contributed by atoms with Crippen molar-refractivity contribution < 1.29 is 4.74 Å². The molecule has 19 heavy (non-hydrogen) atoms. The maximum absolute atomic E-state index is 5.97. The molecule has 0 radical (unpaired) electrons. The van der Waals surface area contributed by atoms with E-state index >= 15 is 0 Å². The van der Waals surface area contributed by atoms with E-state index in [9.17, 15) is 0 Å². The van der Waals surface area contributed by atoms with Crippen LogP contribution in [-0.4, -0.2) is 24.2 Å². The second-order valence-electron chi connectivity index (χ2n) is 5.57. The Bertz CT molecular complexity index is 377. The van der Waals surface area contributed by atoms with Crippen LogP contribution in [0.4, 0.5) is 0 Å². The molecule has 1 aromatic rings. The summed E-state index contributed by atoms with van der Waals surface area (Å²) in [6.45, 7) is 12.6. The highest BCUT2D eigenvalue weighted by atomic mass is 16.5. The molecule has 1 heterocycles. The molecule has 0 aliphatic carbocycles. The van der Waals surface area contributed by atoms with Crippen molar-refractivity contribution in [3.05, 3.63) is 23.5 Å². The van der Waals surface area contributed by atoms with Crippen LogP contribution in [0.1, 0.15) is 45.5 Å². The molecule has 0 aliphatic rings. The Labute approximate surface area is 117 Å². The molecule has 108 valence electrons. The van der Waals surface area contributed by atoms with Crippen LogP contribution >= 0.6 is 0 Å². The van der Waals surface area contributed by atoms with E-state index in [-0.39, 0.29) is 6.10 Å². The third-order valence-corrected chi connectivity index (χ3v) is 3.06. The number of ether oxygens (including phenoxy) is 1. The number of pyridine rings is 1. The zero-order chi connectivity index (χ0) is 14.3. The molecule has 0 aromatic carbocycles. The lowest BCUT2D eigenvalue weighted by Gasteiger charge is -2.18. The SMILES string of the molecule is CCc1nc(C)ccc1OC(C)CNCCC(C)C. The van der Waals surface area contributed by atoms with Gasteiger partial charge in [-0.2, -0.15) is 0 Å². The van der Waals surface area contributed by atoms with Crippen molar-refractivity contribution in [3.8, 4) is 5.75 Å². The van der Waals surface area contributed by atoms with E-state index in [1.165, 1.54) is 6.42 Å². The Balaban J connectivity index is 2.41. The van der Waals surface area contributed by atoms with Gasteiger partial charge in [-0.1, -0.05) is 20.8 Å². The minimum absolute atomic E-state index is 0.168. The van der Waals surface area contributed by atoms with Crippen LogP contribution < -0.4 is 10.1 Å². The van der Waals surface area contributed by atoms with Gasteiger partial charge in [-0.25, -0.2) is 0 Å². The van der Waals surface area contributed by atoms with Crippen LogP contribution in [0.3, 0.4) is 0 Å². The molecule has 1 rings (SSSR count). The lowest BCUT2D eigenvalue weighted by atomic mass is 10.1. The predicted octanol–water partition coefficient (Wildman–Crippen LogP) is 3.36. The van der Waals surface area contributed by atoms with E-state index in [1.807, 2.05) is 19.1 Å². The summed E-state index contributed by atoms with van der Waals surface area (Å²) in [5, 5.41) is 3.44. The average molecular weight is 264 g/mol. The number of nitrogens with one attached hydrogen (secondary N) is 1. The Morgan fingerprint density at radius 2 is 2.00 bits per heavy atom. The summed E-state index contributed by atoms with van der Waals surface area (Å²) in [6, 6.07) is 4.04. The molecule has 0 fully saturated rings. The molecule has 0 saturated heterocycles. The lowest BCUT2D eigenvalue weighted by molar-refractivity contribution is 0.213. The highest BCUT2D eigenvalue weighted by Crippen LogP contribution is 2.18. The van der Waals surface area contributed by atoms with E-state index in [4.69, 9.17) is 4.74 Å². The number of nitrogens with zero attached hydrogens (tertiary/aromatic N) is 1. The first-order valence-corrected chi connectivity index (χ1v) is 7.36. The van der Waals surface area contributed by atoms with E-state index in [0.717, 1.165) is 42.6 Å². The molecule has 0 saturated carbocycles. The molecule has 3 nitrogen and oxygen atoms in total. The maximum Gasteiger partial charge on any atom is 0.141 e. The van der Waals surface area contributed by atoms with Gasteiger partial charge in [0.15, 0.2) is 0 Å². The number of hydrogen-bond acceptors (Lipinski definition) is 3. The average Bonchev–Trinajstić information content (AvgIpc) is 2.36. The second-order valence-corrected chi connectivity index (χ2v) is 5.57. The van der Waals surface area contributed by atoms with E-state index in [2.05, 4.69) is 38.0 Å². The molecular weight excluding hydrogens is 236 g/mol. The summed E-state index contributed by atoms with van der Waals surface area (Å²) in [5.74, 6) is 1.67. The van der Waals surface area contributed by atoms with Crippen molar-refractivity contribution in [1.29, 1.82) is 0 Å². The summed E-state index contributed by atoms with van der Waals surface area (Å²) in [6.07, 6.45) is 2.28. The van der Waals surface area contributed by atoms with Gasteiger partial charge in [0, 0.05) is 12.2 Å². The minimum Gasteiger partial charge on any atom is -0.487 e. The summed E-state index contributed by atoms with van der Waals surface area (Å²) in [4.78, 5) is 4.52. The van der Waals surface area contributed by atoms with Crippen molar-refractivity contribution in [2.24, 2.45) is 5.92 Å². The summed E-state index contributed by atoms with van der Waals surface area (Å²) >= 11 is 0. The first kappa shape index (κ1) is 16.0. The zero-order valence-corrected chi connectivity index (χ0v) is 13.0. The fourth-order valence-corrected chi connectivity index (χ4v) is 1.91. The molecule has 0 aliphatic heterocycles. The number of rotatable bonds is 8. The molecule has 0 spiro atoms. The zero-order valence-electron chi connectivity index (χ0n) is 13.0. The van der Waals surface area contributed by atoms with Crippen LogP contribution in [0.15, 0.2) is 12.1 Å². The molecule has 1 N–H and O–H groups in total. The van der Waals surface area contributed by atoms with E-state index in [1.54, 1.807) is 0 Å². The largest absolute Gasteiger partial charge is 0.487 e. The fourth-order valence-electron chi connectivity index (χ4n) is 1.91. The quantitative estimate of drug-likeness (QED) is 0.731. The van der Waals surface area contributed by atoms with Crippen LogP contribution in [0, 0.1) is 12.8 Å². The standard InChI is InChI=1S/C16H28N2O/c1-6-15-16(8-7-13(4)18-15)19-14(5)11-17-10-9-12(2)3/h7-8,12,14,17H,6,9-11H2,1-5H3. The van der Waals surface area contributed by atoms with Gasteiger partial charge in [0.2, 0.25) is 0 Å². The minimum atomic E-state index is 0.168. The van der Waals surface area contributed by atoms with Gasteiger partial charge < -0.3 is 10.1 Å². The summed E-state index contributed by atoms with van der Waals surface area (Å²) in [7, 11) is 0. The van der Waals surface area contributed by atoms with E-state index in [0.29, 0.717) is 0 Å². The Morgan fingerprint density at radius 1 is 1.26 bits per heavy atom. The number of aromatic nitrogens is 1. The first-order valence-electron chi connectivity index (χ1n) is 7.36. The molecule has 3 heteroatoms. The van der Waals surface area contributed by atoms with Crippen molar-refractivity contribution in [3.63, 3.8) is 0 Å². The molecule has 1 aromatic heterocycles. The summed E-state index contributed by atoms with van der Waals surface area (Å²) in [5.41, 5.74) is 2.10. The van der Waals surface area contributed by atoms with Crippen LogP contribution in [0.2, 0.25) is 0 Å². The normalized spacial score (nSPS) is 12.7. The second kappa shape index (κ2) is 8.16. The van der Waals surface area contributed by atoms with Crippen molar-refractivity contribution in [2.45, 2.75) is 53.6 Å². The van der Waals surface area contributed by atoms with Crippen molar-refractivity contribution in [1.82, 2.24) is 10.3 Å². The lowest BCUT2D eigenvalue weighted by Crippen LogP contribution is -2.30. The van der Waals surface area contributed by atoms with Crippen LogP contribution in [-0.2, 0) is 6.42 Å². The molecule has 0 amide bonds. The van der Waals surface area contributed by atoms with Gasteiger partial charge in [-0.15, -0.1) is 0 Å². The molecular formula is C16H28N2O. The van der Waals surface area contributed by atoms with Gasteiger partial charge in [0.1, 0.15) is 11.9 Å². The summed E-state index contributed by atoms with van der Waals surface area (Å²) < 4.78 is 5.97. The van der Waals surface area contributed by atoms with Gasteiger partial charge in [-0.05, 0) is 51.3 Å². The Hall–Kier alpha value is -1.09. The van der Waals surface area contributed by atoms with Crippen molar-refractivity contribution >= 4 is 0 Å². The van der Waals surface area contributed by atoms with Gasteiger partial charge in [0.05, 0.1) is 5.69 Å². The highest BCUT2D eigenvalue weighted by molar-refractivity contribution is 5.29. The van der Waals surface area contributed by atoms with E-state index < -0.39 is 0 Å². The van der Waals surface area contributed by atoms with Crippen LogP contribution in [0.5, 0.6) is 5.75 Å². The van der Waals surface area contributed by atoms with Crippen molar-refractivity contribution in [2.75, 3.05) is 13.1 Å². The highest BCUT2D eigenvalue weighted by Gasteiger charge is 2.08. The molecule has 1 atom stereocenters. The number of aryl methyl sites for hydroxylation is 2. The molecule has 1 unspecified atom stereocenters. The Kier molecular flexibility index (Phi) is 6.85. The van der Waals surface area contributed by atoms with Gasteiger partial charge >= 0.3 is 0 Å².